The molecule has 37 heavy (non-hydrogen) atoms. The van der Waals surface area contributed by atoms with E-state index in [1.807, 2.05) is 47.1 Å². The van der Waals surface area contributed by atoms with Gasteiger partial charge >= 0.3 is 0 Å². The third kappa shape index (κ3) is 4.96. The smallest absolute Gasteiger partial charge is 0.138 e. The number of hydrogen-bond donors (Lipinski definition) is 3. The van der Waals surface area contributed by atoms with E-state index >= 15 is 0 Å². The van der Waals surface area contributed by atoms with Crippen molar-refractivity contribution in [2.24, 2.45) is 5.73 Å². The van der Waals surface area contributed by atoms with Gasteiger partial charge in [-0.3, -0.25) is 0 Å². The molecule has 1 unspecified atom stereocenters. The number of nitrogens with two attached hydrogens (primary N) is 1. The minimum atomic E-state index is -0.541. The highest BCUT2D eigenvalue weighted by Gasteiger charge is 2.27. The van der Waals surface area contributed by atoms with E-state index in [1.165, 1.54) is 5.56 Å². The van der Waals surface area contributed by atoms with Gasteiger partial charge in [-0.2, -0.15) is 5.10 Å². The maximum Gasteiger partial charge on any atom is 0.138 e. The lowest BCUT2D eigenvalue weighted by Crippen LogP contribution is -2.12. The molecule has 0 fully saturated rings. The van der Waals surface area contributed by atoms with E-state index in [9.17, 15) is 5.11 Å². The van der Waals surface area contributed by atoms with Crippen LogP contribution in [0.1, 0.15) is 29.3 Å². The van der Waals surface area contributed by atoms with Gasteiger partial charge in [-0.1, -0.05) is 30.8 Å². The highest BCUT2D eigenvalue weighted by Crippen LogP contribution is 2.40. The second-order valence-corrected chi connectivity index (χ2v) is 9.44. The van der Waals surface area contributed by atoms with Gasteiger partial charge in [0.2, 0.25) is 0 Å². The maximum absolute atomic E-state index is 9.50. The van der Waals surface area contributed by atoms with E-state index in [0.29, 0.717) is 28.0 Å². The van der Waals surface area contributed by atoms with Gasteiger partial charge in [-0.05, 0) is 73.9 Å². The predicted octanol–water partition coefficient (Wildman–Crippen LogP) is 5.46. The fraction of sp³-hybridized carbons (Fsp3) is 0.172. The van der Waals surface area contributed by atoms with Crippen LogP contribution in [-0.4, -0.2) is 32.6 Å². The van der Waals surface area contributed by atoms with E-state index in [2.05, 4.69) is 35.6 Å². The second kappa shape index (κ2) is 10.1. The Hall–Kier alpha value is -4.07. The average molecular weight is 514 g/mol. The number of fused-ring (bicyclic) bond motifs is 3. The minimum Gasteiger partial charge on any atom is -0.491 e. The summed E-state index contributed by atoms with van der Waals surface area (Å²) in [7, 11) is 0. The first kappa shape index (κ1) is 24.6. The molecule has 2 heterocycles. The van der Waals surface area contributed by atoms with Gasteiger partial charge in [0.15, 0.2) is 0 Å². The molecule has 0 bridgehead atoms. The summed E-state index contributed by atoms with van der Waals surface area (Å²) < 4.78 is 7.54. The van der Waals surface area contributed by atoms with Crippen molar-refractivity contribution in [3.63, 3.8) is 0 Å². The van der Waals surface area contributed by atoms with Crippen molar-refractivity contribution in [1.29, 1.82) is 0 Å². The van der Waals surface area contributed by atoms with Crippen molar-refractivity contribution in [2.45, 2.75) is 25.9 Å². The number of aliphatic hydroxyl groups excluding tert-OH is 1. The van der Waals surface area contributed by atoms with Crippen molar-refractivity contribution in [1.82, 2.24) is 14.8 Å². The van der Waals surface area contributed by atoms with E-state index < -0.39 is 6.10 Å². The normalized spacial score (nSPS) is 12.8. The number of aryl methyl sites for hydroxylation is 1. The van der Waals surface area contributed by atoms with Gasteiger partial charge in [-0.15, -0.1) is 0 Å². The van der Waals surface area contributed by atoms with E-state index in [1.54, 1.807) is 13.1 Å². The SMILES string of the molecule is C=C(Nc1ccc2c(c1)-c1c(c(C(=C)N)nn1-c1ccc(OCC(C)O)cc1)CC2)c1cccnc1Cl. The molecule has 0 aliphatic heterocycles. The molecule has 0 amide bonds. The Balaban J connectivity index is 1.54. The van der Waals surface area contributed by atoms with Crippen molar-refractivity contribution in [2.75, 3.05) is 11.9 Å². The predicted molar refractivity (Wildman–Crippen MR) is 149 cm³/mol. The molecular weight excluding hydrogens is 486 g/mol. The number of anilines is 1. The molecule has 4 aromatic rings. The number of aliphatic hydroxyl groups is 1. The van der Waals surface area contributed by atoms with Crippen LogP contribution in [0, 0.1) is 0 Å². The first-order chi connectivity index (χ1) is 17.8. The summed E-state index contributed by atoms with van der Waals surface area (Å²) in [6, 6.07) is 17.6. The lowest BCUT2D eigenvalue weighted by Gasteiger charge is -2.21. The molecule has 7 nitrogen and oxygen atoms in total. The molecule has 2 aromatic heterocycles. The number of aromatic nitrogens is 3. The zero-order chi connectivity index (χ0) is 26.1. The number of nitrogens with zero attached hydrogens (tertiary/aromatic N) is 3. The second-order valence-electron chi connectivity index (χ2n) is 9.08. The van der Waals surface area contributed by atoms with Crippen molar-refractivity contribution < 1.29 is 9.84 Å². The molecule has 5 rings (SSSR count). The van der Waals surface area contributed by atoms with Gasteiger partial charge in [0.25, 0.3) is 0 Å². The molecule has 0 radical (unpaired) electrons. The zero-order valence-electron chi connectivity index (χ0n) is 20.5. The monoisotopic (exact) mass is 513 g/mol. The summed E-state index contributed by atoms with van der Waals surface area (Å²) in [5, 5.41) is 18.1. The van der Waals surface area contributed by atoms with Crippen molar-refractivity contribution in [3.8, 4) is 22.7 Å². The number of nitrogens with one attached hydrogen (secondary N) is 1. The summed E-state index contributed by atoms with van der Waals surface area (Å²) in [6.45, 7) is 10.0. The van der Waals surface area contributed by atoms with Crippen LogP contribution in [0.25, 0.3) is 28.3 Å². The van der Waals surface area contributed by atoms with Crippen LogP contribution in [0.2, 0.25) is 5.15 Å². The highest BCUT2D eigenvalue weighted by atomic mass is 35.5. The van der Waals surface area contributed by atoms with E-state index in [-0.39, 0.29) is 6.61 Å². The van der Waals surface area contributed by atoms with E-state index in [4.69, 9.17) is 27.2 Å². The Labute approximate surface area is 220 Å². The van der Waals surface area contributed by atoms with E-state index in [0.717, 1.165) is 46.6 Å². The molecule has 0 saturated carbocycles. The third-order valence-electron chi connectivity index (χ3n) is 6.25. The molecule has 0 spiro atoms. The van der Waals surface area contributed by atoms with Crippen molar-refractivity contribution >= 4 is 28.7 Å². The molecule has 188 valence electrons. The molecular formula is C29H28ClN5O2. The quantitative estimate of drug-likeness (QED) is 0.271. The van der Waals surface area contributed by atoms with Crippen molar-refractivity contribution in [3.05, 3.63) is 101 Å². The van der Waals surface area contributed by atoms with Gasteiger partial charge in [0.1, 0.15) is 23.2 Å². The van der Waals surface area contributed by atoms with Crippen LogP contribution in [0.4, 0.5) is 5.69 Å². The van der Waals surface area contributed by atoms with Crippen LogP contribution < -0.4 is 15.8 Å². The lowest BCUT2D eigenvalue weighted by atomic mass is 9.88. The molecule has 8 heteroatoms. The highest BCUT2D eigenvalue weighted by molar-refractivity contribution is 6.31. The van der Waals surface area contributed by atoms with Gasteiger partial charge in [-0.25, -0.2) is 9.67 Å². The molecule has 4 N–H and O–H groups in total. The van der Waals surface area contributed by atoms with Gasteiger partial charge in [0, 0.05) is 34.3 Å². The largest absolute Gasteiger partial charge is 0.491 e. The Kier molecular flexibility index (Phi) is 6.74. The Morgan fingerprint density at radius 1 is 1.19 bits per heavy atom. The minimum absolute atomic E-state index is 0.229. The summed E-state index contributed by atoms with van der Waals surface area (Å²) in [6.07, 6.45) is 2.79. The molecule has 0 saturated heterocycles. The van der Waals surface area contributed by atoms with Crippen LogP contribution in [0.3, 0.4) is 0 Å². The van der Waals surface area contributed by atoms with Gasteiger partial charge in [0.05, 0.1) is 23.2 Å². The number of halogens is 1. The first-order valence-corrected chi connectivity index (χ1v) is 12.4. The summed E-state index contributed by atoms with van der Waals surface area (Å²) >= 11 is 6.27. The summed E-state index contributed by atoms with van der Waals surface area (Å²) in [5.74, 6) is 0.675. The lowest BCUT2D eigenvalue weighted by molar-refractivity contribution is 0.123. The fourth-order valence-electron chi connectivity index (χ4n) is 4.51. The first-order valence-electron chi connectivity index (χ1n) is 12.0. The maximum atomic E-state index is 9.50. The van der Waals surface area contributed by atoms with Crippen LogP contribution >= 0.6 is 11.6 Å². The summed E-state index contributed by atoms with van der Waals surface area (Å²) in [4.78, 5) is 4.14. The van der Waals surface area contributed by atoms with Gasteiger partial charge < -0.3 is 20.9 Å². The number of pyridine rings is 1. The topological polar surface area (TPSA) is 98.2 Å². The molecule has 1 aliphatic rings. The standard InChI is InChI=1S/C29H28ClN5O2/c1-17(36)16-37-23-11-9-22(10-12-23)35-28-25(27(34-35)18(2)31)13-7-20-6-8-21(15-26(20)28)33-19(3)24-5-4-14-32-29(24)30/h4-6,8-12,14-15,17,33,36H,2-3,7,13,16,31H2,1H3. The Morgan fingerprint density at radius 3 is 2.68 bits per heavy atom. The molecule has 1 atom stereocenters. The fourth-order valence-corrected chi connectivity index (χ4v) is 4.75. The average Bonchev–Trinajstić information content (AvgIpc) is 3.28. The number of ether oxygens (including phenoxy) is 1. The number of rotatable bonds is 8. The number of benzene rings is 2. The van der Waals surface area contributed by atoms with Crippen LogP contribution in [-0.2, 0) is 12.8 Å². The third-order valence-corrected chi connectivity index (χ3v) is 6.55. The molecule has 1 aliphatic carbocycles. The number of hydrogen-bond acceptors (Lipinski definition) is 6. The zero-order valence-corrected chi connectivity index (χ0v) is 21.3. The Bertz CT molecular complexity index is 1490. The Morgan fingerprint density at radius 2 is 1.97 bits per heavy atom. The molecule has 2 aromatic carbocycles. The summed E-state index contributed by atoms with van der Waals surface area (Å²) in [5.41, 5.74) is 14.8. The van der Waals surface area contributed by atoms with Crippen LogP contribution in [0.15, 0.2) is 74.0 Å². The van der Waals surface area contributed by atoms with Crippen LogP contribution in [0.5, 0.6) is 5.75 Å².